The van der Waals surface area contributed by atoms with E-state index in [4.69, 9.17) is 39.2 Å². The van der Waals surface area contributed by atoms with E-state index in [1.54, 1.807) is 6.07 Å². The molecule has 1 aromatic heterocycles. The maximum absolute atomic E-state index is 13.0. The average molecular weight is 486 g/mol. The van der Waals surface area contributed by atoms with Gasteiger partial charge in [0.05, 0.1) is 21.3 Å². The smallest absolute Gasteiger partial charge is 0.416 e. The van der Waals surface area contributed by atoms with Gasteiger partial charge in [-0.15, -0.1) is 0 Å². The van der Waals surface area contributed by atoms with Crippen LogP contribution in [0.5, 0.6) is 0 Å². The van der Waals surface area contributed by atoms with Crippen LogP contribution in [0, 0.1) is 11.3 Å². The molecule has 4 nitrogen and oxygen atoms in total. The second-order valence-electron chi connectivity index (χ2n) is 6.14. The summed E-state index contributed by atoms with van der Waals surface area (Å²) < 4.78 is 44.4. The normalized spacial score (nSPS) is 11.8. The van der Waals surface area contributed by atoms with Crippen molar-refractivity contribution in [2.45, 2.75) is 6.18 Å². The van der Waals surface area contributed by atoms with Gasteiger partial charge < -0.3 is 9.73 Å². The van der Waals surface area contributed by atoms with Gasteiger partial charge in [0.1, 0.15) is 23.2 Å². The largest absolute Gasteiger partial charge is 0.457 e. The molecule has 0 saturated carbocycles. The number of hydrogen-bond donors (Lipinski definition) is 1. The number of furan rings is 1. The molecule has 0 fully saturated rings. The van der Waals surface area contributed by atoms with Crippen LogP contribution in [0.2, 0.25) is 15.1 Å². The van der Waals surface area contributed by atoms with Crippen LogP contribution >= 0.6 is 34.8 Å². The summed E-state index contributed by atoms with van der Waals surface area (Å²) in [6.07, 6.45) is -3.41. The molecule has 0 saturated heterocycles. The quantitative estimate of drug-likeness (QED) is 0.308. The highest BCUT2D eigenvalue weighted by Gasteiger charge is 2.31. The minimum Gasteiger partial charge on any atom is -0.457 e. The van der Waals surface area contributed by atoms with E-state index in [9.17, 15) is 23.2 Å². The van der Waals surface area contributed by atoms with Crippen LogP contribution < -0.4 is 5.32 Å². The molecule has 0 aliphatic carbocycles. The Balaban J connectivity index is 1.87. The molecule has 2 aromatic carbocycles. The van der Waals surface area contributed by atoms with Gasteiger partial charge in [0.25, 0.3) is 5.91 Å². The van der Waals surface area contributed by atoms with Gasteiger partial charge in [0.2, 0.25) is 0 Å². The summed E-state index contributed by atoms with van der Waals surface area (Å²) in [6, 6.07) is 11.7. The predicted octanol–water partition coefficient (Wildman–Crippen LogP) is 7.47. The van der Waals surface area contributed by atoms with Gasteiger partial charge >= 0.3 is 6.18 Å². The van der Waals surface area contributed by atoms with Crippen molar-refractivity contribution in [3.63, 3.8) is 0 Å². The maximum atomic E-state index is 13.0. The lowest BCUT2D eigenvalue weighted by Crippen LogP contribution is -2.13. The Morgan fingerprint density at radius 1 is 1.03 bits per heavy atom. The van der Waals surface area contributed by atoms with E-state index in [1.165, 1.54) is 30.3 Å². The molecule has 0 radical (unpaired) electrons. The Morgan fingerprint density at radius 2 is 1.77 bits per heavy atom. The van der Waals surface area contributed by atoms with Crippen molar-refractivity contribution >= 4 is 52.5 Å². The number of rotatable bonds is 4. The fraction of sp³-hybridized carbons (Fsp3) is 0.0476. The number of halogens is 6. The molecule has 3 aromatic rings. The first-order valence-electron chi connectivity index (χ1n) is 8.43. The molecule has 0 spiro atoms. The molecule has 0 aliphatic heterocycles. The molecule has 1 amide bonds. The summed E-state index contributed by atoms with van der Waals surface area (Å²) in [4.78, 5) is 12.4. The molecular formula is C21H10Cl3F3N2O2. The highest BCUT2D eigenvalue weighted by Crippen LogP contribution is 2.36. The molecule has 0 aliphatic rings. The number of nitriles is 1. The second kappa shape index (κ2) is 9.06. The Labute approximate surface area is 189 Å². The van der Waals surface area contributed by atoms with Crippen molar-refractivity contribution in [1.29, 1.82) is 5.26 Å². The third-order valence-electron chi connectivity index (χ3n) is 4.02. The summed E-state index contributed by atoms with van der Waals surface area (Å²) in [7, 11) is 0. The van der Waals surface area contributed by atoms with E-state index in [-0.39, 0.29) is 38.4 Å². The minimum absolute atomic E-state index is 0.0204. The number of hydrogen-bond acceptors (Lipinski definition) is 3. The van der Waals surface area contributed by atoms with Crippen LogP contribution in [-0.4, -0.2) is 5.91 Å². The van der Waals surface area contributed by atoms with Gasteiger partial charge in [0, 0.05) is 16.7 Å². The Hall–Kier alpha value is -2.92. The molecule has 10 heteroatoms. The van der Waals surface area contributed by atoms with Gasteiger partial charge in [-0.05, 0) is 48.5 Å². The molecule has 0 unspecified atom stereocenters. The first kappa shape index (κ1) is 22.8. The van der Waals surface area contributed by atoms with E-state index in [1.807, 2.05) is 0 Å². The zero-order chi connectivity index (χ0) is 22.8. The number of carbonyl (C=O) groups is 1. The van der Waals surface area contributed by atoms with Crippen LogP contribution in [0.1, 0.15) is 11.3 Å². The molecule has 3 rings (SSSR count). The predicted molar refractivity (Wildman–Crippen MR) is 113 cm³/mol. The molecule has 1 N–H and O–H groups in total. The van der Waals surface area contributed by atoms with Gasteiger partial charge in [0.15, 0.2) is 0 Å². The highest BCUT2D eigenvalue weighted by atomic mass is 35.5. The van der Waals surface area contributed by atoms with Crippen LogP contribution in [0.4, 0.5) is 18.9 Å². The van der Waals surface area contributed by atoms with Gasteiger partial charge in [-0.1, -0.05) is 34.8 Å². The standard InChI is InChI=1S/C21H10Cl3F3N2O2/c22-13-2-5-18(17(24)9-13)29-20(30)11(10-28)7-14-3-6-19(31-14)15-8-12(21(25,26)27)1-4-16(15)23/h1-9H,(H,29,30)/b11-7+. The summed E-state index contributed by atoms with van der Waals surface area (Å²) in [5.74, 6) is -0.653. The Morgan fingerprint density at radius 3 is 2.42 bits per heavy atom. The van der Waals surface area contributed by atoms with E-state index in [0.29, 0.717) is 5.02 Å². The van der Waals surface area contributed by atoms with E-state index in [2.05, 4.69) is 5.32 Å². The van der Waals surface area contributed by atoms with Crippen molar-refractivity contribution in [3.8, 4) is 17.4 Å². The molecule has 158 valence electrons. The molecule has 31 heavy (non-hydrogen) atoms. The van der Waals surface area contributed by atoms with E-state index >= 15 is 0 Å². The first-order valence-corrected chi connectivity index (χ1v) is 9.57. The highest BCUT2D eigenvalue weighted by molar-refractivity contribution is 6.37. The number of nitrogens with zero attached hydrogens (tertiary/aromatic N) is 1. The van der Waals surface area contributed by atoms with Crippen molar-refractivity contribution in [1.82, 2.24) is 0 Å². The maximum Gasteiger partial charge on any atom is 0.416 e. The lowest BCUT2D eigenvalue weighted by molar-refractivity contribution is -0.137. The van der Waals surface area contributed by atoms with Crippen molar-refractivity contribution in [3.05, 3.63) is 80.5 Å². The summed E-state index contributed by atoms with van der Waals surface area (Å²) in [5.41, 5.74) is -0.945. The van der Waals surface area contributed by atoms with Gasteiger partial charge in [-0.2, -0.15) is 18.4 Å². The van der Waals surface area contributed by atoms with Crippen LogP contribution in [0.3, 0.4) is 0 Å². The van der Waals surface area contributed by atoms with Crippen LogP contribution in [0.25, 0.3) is 17.4 Å². The molecule has 1 heterocycles. The minimum atomic E-state index is -4.55. The Kier molecular flexibility index (Phi) is 6.65. The van der Waals surface area contributed by atoms with Crippen LogP contribution in [-0.2, 0) is 11.0 Å². The number of alkyl halides is 3. The molecule has 0 bridgehead atoms. The summed E-state index contributed by atoms with van der Waals surface area (Å²) in [6.45, 7) is 0. The average Bonchev–Trinajstić information content (AvgIpc) is 3.16. The number of anilines is 1. The van der Waals surface area contributed by atoms with Crippen molar-refractivity contribution in [2.24, 2.45) is 0 Å². The van der Waals surface area contributed by atoms with Crippen LogP contribution in [0.15, 0.2) is 58.5 Å². The Bertz CT molecular complexity index is 1230. The topological polar surface area (TPSA) is 66.0 Å². The zero-order valence-electron chi connectivity index (χ0n) is 15.2. The van der Waals surface area contributed by atoms with Gasteiger partial charge in [-0.25, -0.2) is 0 Å². The third-order valence-corrected chi connectivity index (χ3v) is 4.89. The van der Waals surface area contributed by atoms with E-state index in [0.717, 1.165) is 24.3 Å². The summed E-state index contributed by atoms with van der Waals surface area (Å²) >= 11 is 17.8. The third kappa shape index (κ3) is 5.42. The van der Waals surface area contributed by atoms with Crippen molar-refractivity contribution in [2.75, 3.05) is 5.32 Å². The number of benzene rings is 2. The fourth-order valence-corrected chi connectivity index (χ4v) is 3.20. The molecule has 0 atom stereocenters. The fourth-order valence-electron chi connectivity index (χ4n) is 2.54. The SMILES string of the molecule is N#C/C(=C\c1ccc(-c2cc(C(F)(F)F)ccc2Cl)o1)C(=O)Nc1ccc(Cl)cc1Cl. The van der Waals surface area contributed by atoms with Crippen molar-refractivity contribution < 1.29 is 22.4 Å². The number of nitrogens with one attached hydrogen (secondary N) is 1. The lowest BCUT2D eigenvalue weighted by atomic mass is 10.1. The van der Waals surface area contributed by atoms with E-state index < -0.39 is 17.6 Å². The first-order chi connectivity index (χ1) is 14.6. The monoisotopic (exact) mass is 484 g/mol. The van der Waals surface area contributed by atoms with Gasteiger partial charge in [-0.3, -0.25) is 4.79 Å². The number of carbonyl (C=O) groups excluding carboxylic acids is 1. The number of amides is 1. The second-order valence-corrected chi connectivity index (χ2v) is 7.39. The summed E-state index contributed by atoms with van der Waals surface area (Å²) in [5, 5.41) is 12.4. The lowest BCUT2D eigenvalue weighted by Gasteiger charge is -2.09. The molecular weight excluding hydrogens is 476 g/mol. The zero-order valence-corrected chi connectivity index (χ0v) is 17.5.